The van der Waals surface area contributed by atoms with Crippen molar-refractivity contribution in [1.29, 1.82) is 0 Å². The first-order valence-corrected chi connectivity index (χ1v) is 8.19. The van der Waals surface area contributed by atoms with Crippen molar-refractivity contribution in [2.75, 3.05) is 31.2 Å². The second kappa shape index (κ2) is 5.66. The van der Waals surface area contributed by atoms with Crippen molar-refractivity contribution in [3.8, 4) is 0 Å². The first-order valence-electron chi connectivity index (χ1n) is 7.31. The normalized spacial score (nSPS) is 17.9. The number of fused-ring (bicyclic) bond motifs is 1. The molecule has 0 unspecified atom stereocenters. The molecule has 2 aromatic rings. The molecule has 1 saturated heterocycles. The summed E-state index contributed by atoms with van der Waals surface area (Å²) >= 11 is 1.66. The third kappa shape index (κ3) is 2.46. The number of rotatable bonds is 3. The van der Waals surface area contributed by atoms with Gasteiger partial charge in [0.1, 0.15) is 0 Å². The fraction of sp³-hybridized carbons (Fsp3) is 0.400. The van der Waals surface area contributed by atoms with Crippen molar-refractivity contribution in [3.63, 3.8) is 0 Å². The van der Waals surface area contributed by atoms with Gasteiger partial charge in [0.15, 0.2) is 0 Å². The Kier molecular flexibility index (Phi) is 3.51. The fourth-order valence-electron chi connectivity index (χ4n) is 2.76. The van der Waals surface area contributed by atoms with Gasteiger partial charge >= 0.3 is 0 Å². The van der Waals surface area contributed by atoms with E-state index in [1.54, 1.807) is 17.5 Å². The number of morpholine rings is 1. The molecule has 0 spiro atoms. The number of carbonyl (C=O) groups excluding carboxylic acids is 1. The SMILES string of the molecule is O=C1c2cnc(N3CCOCC3)nc2CN1Cc1cccs1. The zero-order valence-corrected chi connectivity index (χ0v) is 12.9. The van der Waals surface area contributed by atoms with Gasteiger partial charge in [-0.1, -0.05) is 6.07 Å². The average molecular weight is 316 g/mol. The molecule has 2 aromatic heterocycles. The van der Waals surface area contributed by atoms with Gasteiger partial charge in [0, 0.05) is 24.2 Å². The Bertz CT molecular complexity index is 683. The van der Waals surface area contributed by atoms with Crippen LogP contribution in [0.2, 0.25) is 0 Å². The molecular formula is C15H16N4O2S. The van der Waals surface area contributed by atoms with E-state index < -0.39 is 0 Å². The fourth-order valence-corrected chi connectivity index (χ4v) is 3.48. The average Bonchev–Trinajstić information content (AvgIpc) is 3.17. The summed E-state index contributed by atoms with van der Waals surface area (Å²) in [5, 5.41) is 2.03. The molecule has 0 radical (unpaired) electrons. The number of carbonyl (C=O) groups is 1. The molecule has 0 bridgehead atoms. The van der Waals surface area contributed by atoms with Crippen LogP contribution < -0.4 is 4.90 Å². The molecule has 0 saturated carbocycles. The standard InChI is InChI=1S/C15H16N4O2S/c20-14-12-8-16-15(18-3-5-21-6-4-18)17-13(12)10-19(14)9-11-2-1-7-22-11/h1-2,7-8H,3-6,9-10H2. The van der Waals surface area contributed by atoms with Crippen molar-refractivity contribution in [2.45, 2.75) is 13.1 Å². The van der Waals surface area contributed by atoms with Gasteiger partial charge in [-0.05, 0) is 11.4 Å². The summed E-state index contributed by atoms with van der Waals surface area (Å²) in [6.07, 6.45) is 1.67. The van der Waals surface area contributed by atoms with Crippen molar-refractivity contribution in [3.05, 3.63) is 39.8 Å². The maximum Gasteiger partial charge on any atom is 0.258 e. The van der Waals surface area contributed by atoms with Crippen LogP contribution >= 0.6 is 11.3 Å². The van der Waals surface area contributed by atoms with Gasteiger partial charge in [-0.25, -0.2) is 9.97 Å². The second-order valence-corrected chi connectivity index (χ2v) is 6.40. The van der Waals surface area contributed by atoms with Gasteiger partial charge in [0.2, 0.25) is 5.95 Å². The highest BCUT2D eigenvalue weighted by molar-refractivity contribution is 7.09. The van der Waals surface area contributed by atoms with E-state index in [2.05, 4.69) is 14.9 Å². The molecule has 6 nitrogen and oxygen atoms in total. The maximum atomic E-state index is 12.4. The Hall–Kier alpha value is -1.99. The molecule has 1 amide bonds. The van der Waals surface area contributed by atoms with Crippen molar-refractivity contribution < 1.29 is 9.53 Å². The van der Waals surface area contributed by atoms with Crippen LogP contribution in [0.1, 0.15) is 20.9 Å². The second-order valence-electron chi connectivity index (χ2n) is 5.37. The minimum atomic E-state index is 0.0249. The lowest BCUT2D eigenvalue weighted by Crippen LogP contribution is -2.37. The molecule has 7 heteroatoms. The molecular weight excluding hydrogens is 300 g/mol. The summed E-state index contributed by atoms with van der Waals surface area (Å²) in [7, 11) is 0. The highest BCUT2D eigenvalue weighted by atomic mass is 32.1. The number of ether oxygens (including phenoxy) is 1. The van der Waals surface area contributed by atoms with Crippen LogP contribution in [0.25, 0.3) is 0 Å². The Morgan fingerprint density at radius 1 is 1.32 bits per heavy atom. The number of amides is 1. The van der Waals surface area contributed by atoms with E-state index in [4.69, 9.17) is 4.74 Å². The monoisotopic (exact) mass is 316 g/mol. The van der Waals surface area contributed by atoms with Gasteiger partial charge in [0.05, 0.1) is 37.6 Å². The molecule has 0 aromatic carbocycles. The van der Waals surface area contributed by atoms with Crippen LogP contribution in [0.15, 0.2) is 23.7 Å². The van der Waals surface area contributed by atoms with Gasteiger partial charge in [-0.2, -0.15) is 0 Å². The highest BCUT2D eigenvalue weighted by Crippen LogP contribution is 2.25. The molecule has 2 aliphatic rings. The van der Waals surface area contributed by atoms with Crippen LogP contribution in [0.3, 0.4) is 0 Å². The summed E-state index contributed by atoms with van der Waals surface area (Å²) in [5.41, 5.74) is 1.46. The molecule has 4 rings (SSSR count). The first-order chi connectivity index (χ1) is 10.8. The lowest BCUT2D eigenvalue weighted by molar-refractivity contribution is 0.0767. The molecule has 0 atom stereocenters. The zero-order chi connectivity index (χ0) is 14.9. The number of thiophene rings is 1. The summed E-state index contributed by atoms with van der Waals surface area (Å²) in [6.45, 7) is 4.19. The van der Waals surface area contributed by atoms with Crippen LogP contribution in [-0.2, 0) is 17.8 Å². The molecule has 22 heavy (non-hydrogen) atoms. The van der Waals surface area contributed by atoms with Crippen molar-refractivity contribution in [2.24, 2.45) is 0 Å². The van der Waals surface area contributed by atoms with E-state index in [1.165, 1.54) is 4.88 Å². The van der Waals surface area contributed by atoms with Gasteiger partial charge < -0.3 is 14.5 Å². The molecule has 114 valence electrons. The lowest BCUT2D eigenvalue weighted by atomic mass is 10.3. The molecule has 0 N–H and O–H groups in total. The maximum absolute atomic E-state index is 12.4. The van der Waals surface area contributed by atoms with E-state index in [9.17, 15) is 4.79 Å². The minimum absolute atomic E-state index is 0.0249. The predicted molar refractivity (Wildman–Crippen MR) is 83.0 cm³/mol. The largest absolute Gasteiger partial charge is 0.378 e. The number of anilines is 1. The van der Waals surface area contributed by atoms with Crippen LogP contribution in [0.5, 0.6) is 0 Å². The van der Waals surface area contributed by atoms with Gasteiger partial charge in [0.25, 0.3) is 5.91 Å². The Morgan fingerprint density at radius 3 is 2.95 bits per heavy atom. The third-order valence-electron chi connectivity index (χ3n) is 3.93. The molecule has 1 fully saturated rings. The third-order valence-corrected chi connectivity index (χ3v) is 4.80. The minimum Gasteiger partial charge on any atom is -0.378 e. The van der Waals surface area contributed by atoms with Gasteiger partial charge in [-0.15, -0.1) is 11.3 Å². The molecule has 4 heterocycles. The van der Waals surface area contributed by atoms with E-state index >= 15 is 0 Å². The highest BCUT2D eigenvalue weighted by Gasteiger charge is 2.30. The van der Waals surface area contributed by atoms with E-state index in [0.29, 0.717) is 37.8 Å². The van der Waals surface area contributed by atoms with E-state index in [1.807, 2.05) is 22.4 Å². The summed E-state index contributed by atoms with van der Waals surface area (Å²) < 4.78 is 5.35. The van der Waals surface area contributed by atoms with Crippen LogP contribution in [-0.4, -0.2) is 47.1 Å². The lowest BCUT2D eigenvalue weighted by Gasteiger charge is -2.26. The quantitative estimate of drug-likeness (QED) is 0.859. The van der Waals surface area contributed by atoms with Crippen LogP contribution in [0.4, 0.5) is 5.95 Å². The number of hydrogen-bond donors (Lipinski definition) is 0. The number of aromatic nitrogens is 2. The van der Waals surface area contributed by atoms with E-state index in [0.717, 1.165) is 18.8 Å². The van der Waals surface area contributed by atoms with Gasteiger partial charge in [-0.3, -0.25) is 4.79 Å². The number of nitrogens with zero attached hydrogens (tertiary/aromatic N) is 4. The molecule has 2 aliphatic heterocycles. The Labute approximate surface area is 132 Å². The summed E-state index contributed by atoms with van der Waals surface area (Å²) in [4.78, 5) is 26.5. The van der Waals surface area contributed by atoms with Crippen molar-refractivity contribution in [1.82, 2.24) is 14.9 Å². The Balaban J connectivity index is 1.54. The summed E-state index contributed by atoms with van der Waals surface area (Å²) in [5.74, 6) is 0.727. The Morgan fingerprint density at radius 2 is 2.18 bits per heavy atom. The topological polar surface area (TPSA) is 58.6 Å². The van der Waals surface area contributed by atoms with E-state index in [-0.39, 0.29) is 5.91 Å². The van der Waals surface area contributed by atoms with Crippen molar-refractivity contribution >= 4 is 23.2 Å². The van der Waals surface area contributed by atoms with Crippen LogP contribution in [0, 0.1) is 0 Å². The smallest absolute Gasteiger partial charge is 0.258 e. The number of hydrogen-bond acceptors (Lipinski definition) is 6. The predicted octanol–water partition coefficient (Wildman–Crippen LogP) is 1.53. The first kappa shape index (κ1) is 13.7. The molecule has 0 aliphatic carbocycles. The summed E-state index contributed by atoms with van der Waals surface area (Å²) in [6, 6.07) is 4.05. The zero-order valence-electron chi connectivity index (χ0n) is 12.1.